The molecule has 7 heteroatoms. The Hall–Kier alpha value is -1.27. The predicted octanol–water partition coefficient (Wildman–Crippen LogP) is 4.90. The maximum absolute atomic E-state index is 14.0. The van der Waals surface area contributed by atoms with Crippen LogP contribution in [0, 0.1) is 11.7 Å². The van der Waals surface area contributed by atoms with E-state index in [1.54, 1.807) is 13.8 Å². The minimum absolute atomic E-state index is 0.0568. The van der Waals surface area contributed by atoms with Crippen molar-refractivity contribution in [1.82, 2.24) is 0 Å². The van der Waals surface area contributed by atoms with Gasteiger partial charge >= 0.3 is 5.97 Å². The van der Waals surface area contributed by atoms with E-state index in [0.29, 0.717) is 17.9 Å². The second-order valence-corrected chi connectivity index (χ2v) is 7.28. The molecule has 0 aromatic heterocycles. The summed E-state index contributed by atoms with van der Waals surface area (Å²) in [5.74, 6) is -1.45. The lowest BCUT2D eigenvalue weighted by Crippen LogP contribution is -2.20. The number of carbonyl (C=O) groups excluding carboxylic acids is 2. The van der Waals surface area contributed by atoms with Crippen LogP contribution in [-0.2, 0) is 14.3 Å². The second kappa shape index (κ2) is 9.89. The van der Waals surface area contributed by atoms with Gasteiger partial charge in [0.1, 0.15) is 11.1 Å². The third kappa shape index (κ3) is 5.98. The van der Waals surface area contributed by atoms with Crippen molar-refractivity contribution in [2.45, 2.75) is 50.7 Å². The average Bonchev–Trinajstić information content (AvgIpc) is 2.55. The Morgan fingerprint density at radius 3 is 2.58 bits per heavy atom. The minimum atomic E-state index is -0.609. The van der Waals surface area contributed by atoms with Crippen molar-refractivity contribution in [1.29, 1.82) is 0 Å². The van der Waals surface area contributed by atoms with Gasteiger partial charge in [0.25, 0.3) is 0 Å². The Kier molecular flexibility index (Phi) is 8.56. The van der Waals surface area contributed by atoms with Crippen molar-refractivity contribution < 1.29 is 18.7 Å². The maximum Gasteiger partial charge on any atom is 0.319 e. The fourth-order valence-corrected chi connectivity index (χ4v) is 2.90. The van der Waals surface area contributed by atoms with E-state index in [2.05, 4.69) is 5.32 Å². The van der Waals surface area contributed by atoms with Crippen LogP contribution in [0.2, 0.25) is 5.02 Å². The number of anilines is 1. The Bertz CT molecular complexity index is 597. The number of benzene rings is 1. The van der Waals surface area contributed by atoms with Crippen molar-refractivity contribution in [2.24, 2.45) is 5.92 Å². The Morgan fingerprint density at radius 1 is 1.33 bits per heavy atom. The van der Waals surface area contributed by atoms with Gasteiger partial charge in [0.15, 0.2) is 0 Å². The molecule has 0 aliphatic rings. The molecule has 24 heavy (non-hydrogen) atoms. The molecule has 4 nitrogen and oxygen atoms in total. The van der Waals surface area contributed by atoms with Gasteiger partial charge in [0, 0.05) is 10.8 Å². The standard InChI is InChI=1S/C17H23ClFNO3S/c1-5-7-23-17(22)11(4)24-15-9-14(13(19)8-12(15)18)20-16(21)10(3)6-2/h8-11H,5-7H2,1-4H3,(H,20,21). The third-order valence-electron chi connectivity index (χ3n) is 3.42. The topological polar surface area (TPSA) is 55.4 Å². The Morgan fingerprint density at radius 2 is 2.00 bits per heavy atom. The summed E-state index contributed by atoms with van der Waals surface area (Å²) >= 11 is 7.22. The molecule has 134 valence electrons. The van der Waals surface area contributed by atoms with Gasteiger partial charge in [0.2, 0.25) is 5.91 Å². The SMILES string of the molecule is CCCOC(=O)C(C)Sc1cc(NC(=O)C(C)CC)c(F)cc1Cl. The molecular weight excluding hydrogens is 353 g/mol. The highest BCUT2D eigenvalue weighted by Crippen LogP contribution is 2.35. The molecule has 1 aromatic rings. The lowest BCUT2D eigenvalue weighted by Gasteiger charge is -2.15. The number of ether oxygens (including phenoxy) is 1. The first kappa shape index (κ1) is 20.8. The first-order valence-corrected chi connectivity index (χ1v) is 9.19. The number of thioether (sulfide) groups is 1. The molecule has 0 saturated heterocycles. The highest BCUT2D eigenvalue weighted by Gasteiger charge is 2.20. The van der Waals surface area contributed by atoms with Gasteiger partial charge in [-0.15, -0.1) is 11.8 Å². The maximum atomic E-state index is 14.0. The molecule has 0 bridgehead atoms. The van der Waals surface area contributed by atoms with Gasteiger partial charge in [-0.1, -0.05) is 32.4 Å². The number of nitrogens with one attached hydrogen (secondary N) is 1. The van der Waals surface area contributed by atoms with E-state index in [0.717, 1.165) is 12.5 Å². The van der Waals surface area contributed by atoms with E-state index in [4.69, 9.17) is 16.3 Å². The van der Waals surface area contributed by atoms with E-state index in [1.165, 1.54) is 17.8 Å². The first-order chi connectivity index (χ1) is 11.3. The number of halogens is 2. The zero-order chi connectivity index (χ0) is 18.3. The van der Waals surface area contributed by atoms with Gasteiger partial charge in [-0.05, 0) is 31.9 Å². The number of rotatable bonds is 8. The van der Waals surface area contributed by atoms with Crippen molar-refractivity contribution in [3.8, 4) is 0 Å². The predicted molar refractivity (Wildman–Crippen MR) is 96.1 cm³/mol. The minimum Gasteiger partial charge on any atom is -0.465 e. The fraction of sp³-hybridized carbons (Fsp3) is 0.529. The van der Waals surface area contributed by atoms with Gasteiger partial charge in [-0.25, -0.2) is 4.39 Å². The summed E-state index contributed by atoms with van der Waals surface area (Å²) in [6, 6.07) is 2.59. The molecule has 1 amide bonds. The number of amides is 1. The van der Waals surface area contributed by atoms with E-state index in [9.17, 15) is 14.0 Å². The number of hydrogen-bond donors (Lipinski definition) is 1. The zero-order valence-corrected chi connectivity index (χ0v) is 15.9. The van der Waals surface area contributed by atoms with Crippen molar-refractivity contribution >= 4 is 40.9 Å². The van der Waals surface area contributed by atoms with Crippen LogP contribution in [-0.4, -0.2) is 23.7 Å². The molecule has 1 rings (SSSR count). The molecule has 0 fully saturated rings. The van der Waals surface area contributed by atoms with Crippen LogP contribution in [0.1, 0.15) is 40.5 Å². The van der Waals surface area contributed by atoms with Crippen molar-refractivity contribution in [2.75, 3.05) is 11.9 Å². The average molecular weight is 376 g/mol. The molecule has 0 heterocycles. The van der Waals surface area contributed by atoms with Crippen LogP contribution in [0.15, 0.2) is 17.0 Å². The van der Waals surface area contributed by atoms with Crippen molar-refractivity contribution in [3.63, 3.8) is 0 Å². The Labute approximate surface area is 151 Å². The summed E-state index contributed by atoms with van der Waals surface area (Å²) in [4.78, 5) is 24.3. The van der Waals surface area contributed by atoms with Gasteiger partial charge in [-0.2, -0.15) is 0 Å². The summed E-state index contributed by atoms with van der Waals surface area (Å²) in [5.41, 5.74) is 0.0568. The van der Waals surface area contributed by atoms with Crippen LogP contribution in [0.4, 0.5) is 10.1 Å². The molecule has 1 N–H and O–H groups in total. The number of carbonyl (C=O) groups is 2. The van der Waals surface area contributed by atoms with Crippen LogP contribution in [0.25, 0.3) is 0 Å². The van der Waals surface area contributed by atoms with E-state index in [-0.39, 0.29) is 28.5 Å². The molecule has 1 aromatic carbocycles. The lowest BCUT2D eigenvalue weighted by atomic mass is 10.1. The summed E-state index contributed by atoms with van der Waals surface area (Å²) in [5, 5.41) is 2.26. The molecule has 2 atom stereocenters. The van der Waals surface area contributed by atoms with Crippen LogP contribution >= 0.6 is 23.4 Å². The smallest absolute Gasteiger partial charge is 0.319 e. The quantitative estimate of drug-likeness (QED) is 0.518. The van der Waals surface area contributed by atoms with E-state index < -0.39 is 11.1 Å². The monoisotopic (exact) mass is 375 g/mol. The summed E-state index contributed by atoms with van der Waals surface area (Å²) < 4.78 is 19.1. The zero-order valence-electron chi connectivity index (χ0n) is 14.3. The van der Waals surface area contributed by atoms with Gasteiger partial charge in [0.05, 0.1) is 17.3 Å². The summed E-state index contributed by atoms with van der Waals surface area (Å²) in [6.45, 7) is 7.61. The highest BCUT2D eigenvalue weighted by atomic mass is 35.5. The number of hydrogen-bond acceptors (Lipinski definition) is 4. The molecule has 0 saturated carbocycles. The summed E-state index contributed by atoms with van der Waals surface area (Å²) in [7, 11) is 0. The molecule has 0 spiro atoms. The summed E-state index contributed by atoms with van der Waals surface area (Å²) in [6.07, 6.45) is 1.40. The van der Waals surface area contributed by atoms with Gasteiger partial charge < -0.3 is 10.1 Å². The largest absolute Gasteiger partial charge is 0.465 e. The van der Waals surface area contributed by atoms with Gasteiger partial charge in [-0.3, -0.25) is 9.59 Å². The van der Waals surface area contributed by atoms with Crippen molar-refractivity contribution in [3.05, 3.63) is 23.0 Å². The Balaban J connectivity index is 2.90. The normalized spacial score (nSPS) is 13.2. The third-order valence-corrected chi connectivity index (χ3v) is 4.99. The van der Waals surface area contributed by atoms with Crippen LogP contribution in [0.3, 0.4) is 0 Å². The molecule has 0 aliphatic carbocycles. The second-order valence-electron chi connectivity index (χ2n) is 5.49. The highest BCUT2D eigenvalue weighted by molar-refractivity contribution is 8.00. The van der Waals surface area contributed by atoms with E-state index in [1.807, 2.05) is 13.8 Å². The molecule has 2 unspecified atom stereocenters. The number of esters is 1. The fourth-order valence-electron chi connectivity index (χ4n) is 1.72. The first-order valence-electron chi connectivity index (χ1n) is 7.93. The molecule has 0 aliphatic heterocycles. The lowest BCUT2D eigenvalue weighted by molar-refractivity contribution is -0.142. The molecule has 0 radical (unpaired) electrons. The van der Waals surface area contributed by atoms with E-state index >= 15 is 0 Å². The molecular formula is C17H23ClFNO3S. The van der Waals surface area contributed by atoms with Crippen LogP contribution < -0.4 is 5.32 Å². The van der Waals surface area contributed by atoms with Crippen LogP contribution in [0.5, 0.6) is 0 Å².